The van der Waals surface area contributed by atoms with Gasteiger partial charge in [-0.3, -0.25) is 14.2 Å². The summed E-state index contributed by atoms with van der Waals surface area (Å²) in [6, 6.07) is 15.4. The zero-order valence-electron chi connectivity index (χ0n) is 19.2. The summed E-state index contributed by atoms with van der Waals surface area (Å²) in [4.78, 5) is 30.8. The summed E-state index contributed by atoms with van der Waals surface area (Å²) in [6.07, 6.45) is 1.70. The Labute approximate surface area is 193 Å². The molecular formula is C25H31N3O3S. The molecule has 0 aliphatic carbocycles. The van der Waals surface area contributed by atoms with Crippen molar-refractivity contribution >= 4 is 34.3 Å². The van der Waals surface area contributed by atoms with Gasteiger partial charge in [-0.05, 0) is 63.6 Å². The first-order valence-electron chi connectivity index (χ1n) is 11.0. The Morgan fingerprint density at radius 3 is 2.53 bits per heavy atom. The van der Waals surface area contributed by atoms with E-state index in [1.807, 2.05) is 69.3 Å². The van der Waals surface area contributed by atoms with Crippen LogP contribution in [0.2, 0.25) is 0 Å². The summed E-state index contributed by atoms with van der Waals surface area (Å²) in [5.41, 5.74) is 1.72. The number of para-hydroxylation sites is 1. The molecule has 0 bridgehead atoms. The van der Waals surface area contributed by atoms with Gasteiger partial charge in [-0.2, -0.15) is 0 Å². The number of aryl methyl sites for hydroxylation is 1. The van der Waals surface area contributed by atoms with Crippen molar-refractivity contribution in [1.29, 1.82) is 0 Å². The van der Waals surface area contributed by atoms with Gasteiger partial charge in [0.2, 0.25) is 0 Å². The van der Waals surface area contributed by atoms with Gasteiger partial charge in [-0.1, -0.05) is 19.1 Å². The van der Waals surface area contributed by atoms with Crippen LogP contribution in [0, 0.1) is 0 Å². The van der Waals surface area contributed by atoms with E-state index in [-0.39, 0.29) is 11.5 Å². The number of rotatable bonds is 10. The summed E-state index contributed by atoms with van der Waals surface area (Å²) >= 11 is 1.48. The summed E-state index contributed by atoms with van der Waals surface area (Å²) < 4.78 is 6.29. The molecule has 32 heavy (non-hydrogen) atoms. The molecule has 0 atom stereocenters. The minimum Gasteiger partial charge on any atom is -0.465 e. The number of hydrogen-bond donors (Lipinski definition) is 1. The van der Waals surface area contributed by atoms with E-state index in [9.17, 15) is 9.59 Å². The van der Waals surface area contributed by atoms with Crippen LogP contribution in [0.1, 0.15) is 39.9 Å². The largest absolute Gasteiger partial charge is 0.465 e. The maximum Gasteiger partial charge on any atom is 0.321 e. The molecule has 0 fully saturated rings. The second-order valence-corrected chi connectivity index (χ2v) is 9.73. The predicted molar refractivity (Wildman–Crippen MR) is 131 cm³/mol. The van der Waals surface area contributed by atoms with Gasteiger partial charge in [0.1, 0.15) is 10.6 Å². The predicted octanol–water partition coefficient (Wildman–Crippen LogP) is 4.89. The average Bonchev–Trinajstić information content (AvgIpc) is 2.77. The number of fused-ring (bicyclic) bond motifs is 1. The standard InChI is InChI=1S/C25H31N3O3S/c1-5-9-22-27-21-11-8-7-10-20(21)23(29)28(22)17-16-26-18-12-14-19(15-13-18)32-25(3,4)24(30)31-6-2/h7-8,10-15,26H,5-6,9,16-17H2,1-4H3. The third kappa shape index (κ3) is 5.71. The molecule has 170 valence electrons. The summed E-state index contributed by atoms with van der Waals surface area (Å²) in [6.45, 7) is 9.16. The van der Waals surface area contributed by atoms with E-state index in [0.29, 0.717) is 25.1 Å². The molecule has 6 nitrogen and oxygen atoms in total. The molecular weight excluding hydrogens is 422 g/mol. The second-order valence-electron chi connectivity index (χ2n) is 8.04. The average molecular weight is 454 g/mol. The van der Waals surface area contributed by atoms with Crippen molar-refractivity contribution in [3.05, 3.63) is 64.7 Å². The summed E-state index contributed by atoms with van der Waals surface area (Å²) in [7, 11) is 0. The maximum absolute atomic E-state index is 13.0. The fraction of sp³-hybridized carbons (Fsp3) is 0.400. The van der Waals surface area contributed by atoms with Crippen LogP contribution in [0.15, 0.2) is 58.2 Å². The number of ether oxygens (including phenoxy) is 1. The van der Waals surface area contributed by atoms with Gasteiger partial charge in [-0.25, -0.2) is 4.98 Å². The van der Waals surface area contributed by atoms with E-state index in [0.717, 1.165) is 34.8 Å². The summed E-state index contributed by atoms with van der Waals surface area (Å²) in [5, 5.41) is 4.03. The first-order valence-corrected chi connectivity index (χ1v) is 11.9. The van der Waals surface area contributed by atoms with E-state index >= 15 is 0 Å². The monoisotopic (exact) mass is 453 g/mol. The lowest BCUT2D eigenvalue weighted by Gasteiger charge is -2.21. The number of anilines is 1. The highest BCUT2D eigenvalue weighted by molar-refractivity contribution is 8.01. The zero-order chi connectivity index (χ0) is 23.1. The van der Waals surface area contributed by atoms with Crippen LogP contribution in [0.4, 0.5) is 5.69 Å². The number of thioether (sulfide) groups is 1. The van der Waals surface area contributed by atoms with Crippen LogP contribution in [0.25, 0.3) is 10.9 Å². The van der Waals surface area contributed by atoms with Gasteiger partial charge in [0.15, 0.2) is 0 Å². The first kappa shape index (κ1) is 23.9. The van der Waals surface area contributed by atoms with Gasteiger partial charge in [0, 0.05) is 30.1 Å². The maximum atomic E-state index is 13.0. The minimum absolute atomic E-state index is 0.00814. The van der Waals surface area contributed by atoms with E-state index in [1.54, 1.807) is 4.57 Å². The van der Waals surface area contributed by atoms with Crippen LogP contribution in [-0.4, -0.2) is 33.4 Å². The number of hydrogen-bond acceptors (Lipinski definition) is 6. The molecule has 3 rings (SSSR count). The number of nitrogens with one attached hydrogen (secondary N) is 1. The van der Waals surface area contributed by atoms with Crippen LogP contribution in [-0.2, 0) is 22.5 Å². The Morgan fingerprint density at radius 2 is 1.84 bits per heavy atom. The van der Waals surface area contributed by atoms with Gasteiger partial charge in [0.25, 0.3) is 5.56 Å². The highest BCUT2D eigenvalue weighted by atomic mass is 32.2. The Balaban J connectivity index is 1.66. The molecule has 0 unspecified atom stereocenters. The van der Waals surface area contributed by atoms with Crippen molar-refractivity contribution in [3.8, 4) is 0 Å². The van der Waals surface area contributed by atoms with Gasteiger partial charge >= 0.3 is 5.97 Å². The highest BCUT2D eigenvalue weighted by Crippen LogP contribution is 2.34. The lowest BCUT2D eigenvalue weighted by Crippen LogP contribution is -2.29. The first-order chi connectivity index (χ1) is 15.4. The van der Waals surface area contributed by atoms with Crippen molar-refractivity contribution < 1.29 is 9.53 Å². The number of benzene rings is 2. The quantitative estimate of drug-likeness (QED) is 0.348. The Kier molecular flexibility index (Phi) is 7.96. The highest BCUT2D eigenvalue weighted by Gasteiger charge is 2.30. The molecule has 0 aliphatic heterocycles. The lowest BCUT2D eigenvalue weighted by atomic mass is 10.2. The normalized spacial score (nSPS) is 11.5. The van der Waals surface area contributed by atoms with Gasteiger partial charge in [-0.15, -0.1) is 11.8 Å². The molecule has 0 radical (unpaired) electrons. The molecule has 0 spiro atoms. The second kappa shape index (κ2) is 10.7. The third-order valence-electron chi connectivity index (χ3n) is 5.07. The smallest absolute Gasteiger partial charge is 0.321 e. The lowest BCUT2D eigenvalue weighted by molar-refractivity contribution is -0.145. The number of nitrogens with zero attached hydrogens (tertiary/aromatic N) is 2. The SMILES string of the molecule is CCCc1nc2ccccc2c(=O)n1CCNc1ccc(SC(C)(C)C(=O)OCC)cc1. The summed E-state index contributed by atoms with van der Waals surface area (Å²) in [5.74, 6) is 0.607. The van der Waals surface area contributed by atoms with Crippen molar-refractivity contribution in [1.82, 2.24) is 9.55 Å². The van der Waals surface area contributed by atoms with Gasteiger partial charge < -0.3 is 10.1 Å². The molecule has 1 N–H and O–H groups in total. The molecule has 1 heterocycles. The Morgan fingerprint density at radius 1 is 1.12 bits per heavy atom. The van der Waals surface area contributed by atoms with Crippen molar-refractivity contribution in [2.45, 2.75) is 56.7 Å². The number of aromatic nitrogens is 2. The third-order valence-corrected chi connectivity index (χ3v) is 6.26. The minimum atomic E-state index is -0.648. The van der Waals surface area contributed by atoms with Crippen LogP contribution < -0.4 is 10.9 Å². The fourth-order valence-corrected chi connectivity index (χ4v) is 4.46. The van der Waals surface area contributed by atoms with E-state index in [1.165, 1.54) is 11.8 Å². The van der Waals surface area contributed by atoms with E-state index in [4.69, 9.17) is 9.72 Å². The molecule has 3 aromatic rings. The number of carbonyl (C=O) groups is 1. The molecule has 2 aromatic carbocycles. The Hall–Kier alpha value is -2.80. The number of esters is 1. The number of carbonyl (C=O) groups excluding carboxylic acids is 1. The fourth-order valence-electron chi connectivity index (χ4n) is 3.45. The zero-order valence-corrected chi connectivity index (χ0v) is 20.0. The van der Waals surface area contributed by atoms with Crippen LogP contribution >= 0.6 is 11.8 Å². The van der Waals surface area contributed by atoms with Gasteiger partial charge in [0.05, 0.1) is 17.5 Å². The van der Waals surface area contributed by atoms with E-state index in [2.05, 4.69) is 12.2 Å². The molecule has 1 aromatic heterocycles. The molecule has 0 amide bonds. The van der Waals surface area contributed by atoms with Crippen LogP contribution in [0.5, 0.6) is 0 Å². The molecule has 0 aliphatic rings. The van der Waals surface area contributed by atoms with Crippen LogP contribution in [0.3, 0.4) is 0 Å². The van der Waals surface area contributed by atoms with E-state index < -0.39 is 4.75 Å². The molecule has 0 saturated carbocycles. The molecule has 0 saturated heterocycles. The molecule has 7 heteroatoms. The van der Waals surface area contributed by atoms with Crippen molar-refractivity contribution in [3.63, 3.8) is 0 Å². The Bertz CT molecular complexity index is 1120. The van der Waals surface area contributed by atoms with Crippen molar-refractivity contribution in [2.75, 3.05) is 18.5 Å². The topological polar surface area (TPSA) is 73.2 Å². The van der Waals surface area contributed by atoms with Crippen molar-refractivity contribution in [2.24, 2.45) is 0 Å².